The molecule has 0 aliphatic heterocycles. The molecule has 0 bridgehead atoms. The van der Waals surface area contributed by atoms with Crippen molar-refractivity contribution in [2.24, 2.45) is 0 Å². The lowest BCUT2D eigenvalue weighted by molar-refractivity contribution is 0.663. The van der Waals surface area contributed by atoms with Gasteiger partial charge in [-0.15, -0.1) is 23.2 Å². The van der Waals surface area contributed by atoms with Crippen LogP contribution in [0.25, 0.3) is 0 Å². The summed E-state index contributed by atoms with van der Waals surface area (Å²) in [6.07, 6.45) is 4.70. The first-order valence-electron chi connectivity index (χ1n) is 3.47. The maximum absolute atomic E-state index is 5.72. The third kappa shape index (κ3) is 8.58. The van der Waals surface area contributed by atoms with Crippen LogP contribution in [0.2, 0.25) is 0 Å². The van der Waals surface area contributed by atoms with Crippen LogP contribution < -0.4 is 0 Å². The minimum atomic E-state index is 0.334. The number of rotatable bonds is 5. The molecule has 0 saturated carbocycles. The fraction of sp³-hybridized carbons (Fsp3) is 1.00. The Hall–Kier alpha value is 0.580. The topological polar surface area (TPSA) is 0 Å². The van der Waals surface area contributed by atoms with Gasteiger partial charge < -0.3 is 0 Å². The third-order valence-corrected chi connectivity index (χ3v) is 1.72. The smallest absolute Gasteiger partial charge is 0.0307 e. The van der Waals surface area contributed by atoms with Gasteiger partial charge in [0, 0.05) is 11.3 Å². The molecule has 0 aliphatic carbocycles. The number of halogens is 2. The molecule has 0 N–H and O–H groups in total. The Labute approximate surface area is 67.5 Å². The lowest BCUT2D eigenvalue weighted by atomic mass is 10.2. The van der Waals surface area contributed by atoms with E-state index in [-0.39, 0.29) is 0 Å². The van der Waals surface area contributed by atoms with Gasteiger partial charge >= 0.3 is 0 Å². The van der Waals surface area contributed by atoms with Crippen LogP contribution >= 0.6 is 23.2 Å². The van der Waals surface area contributed by atoms with Crippen LogP contribution in [0.5, 0.6) is 0 Å². The highest BCUT2D eigenvalue weighted by molar-refractivity contribution is 6.20. The molecule has 0 aromatic carbocycles. The monoisotopic (exact) mass is 168 g/mol. The molecule has 0 nitrogen and oxygen atoms in total. The van der Waals surface area contributed by atoms with Gasteiger partial charge in [0.25, 0.3) is 0 Å². The van der Waals surface area contributed by atoms with E-state index in [4.69, 9.17) is 23.2 Å². The van der Waals surface area contributed by atoms with Gasteiger partial charge in [0.2, 0.25) is 0 Å². The van der Waals surface area contributed by atoms with E-state index in [0.29, 0.717) is 5.38 Å². The molecule has 0 radical (unpaired) electrons. The van der Waals surface area contributed by atoms with Gasteiger partial charge in [0.05, 0.1) is 0 Å². The average molecular weight is 169 g/mol. The predicted molar refractivity (Wildman–Crippen MR) is 44.5 cm³/mol. The lowest BCUT2D eigenvalue weighted by Gasteiger charge is -1.99. The maximum atomic E-state index is 5.72. The fourth-order valence-electron chi connectivity index (χ4n) is 0.697. The standard InChI is InChI=1S/C7H14Cl2/c1-7(9)5-3-2-4-6-8/h7H,2-6H2,1H3/t7-/m1/s1. The summed E-state index contributed by atoms with van der Waals surface area (Å²) in [5, 5.41) is 0.334. The quantitative estimate of drug-likeness (QED) is 0.437. The summed E-state index contributed by atoms with van der Waals surface area (Å²) in [7, 11) is 0. The summed E-state index contributed by atoms with van der Waals surface area (Å²) in [6, 6.07) is 0. The lowest BCUT2D eigenvalue weighted by Crippen LogP contribution is -1.89. The number of alkyl halides is 2. The predicted octanol–water partition coefficient (Wildman–Crippen LogP) is 3.41. The van der Waals surface area contributed by atoms with Gasteiger partial charge in [-0.3, -0.25) is 0 Å². The van der Waals surface area contributed by atoms with Crippen LogP contribution in [0.1, 0.15) is 32.6 Å². The van der Waals surface area contributed by atoms with Gasteiger partial charge in [-0.2, -0.15) is 0 Å². The number of unbranched alkanes of at least 4 members (excludes halogenated alkanes) is 2. The zero-order valence-corrected chi connectivity index (χ0v) is 7.38. The average Bonchev–Trinajstić information content (AvgIpc) is 1.80. The summed E-state index contributed by atoms with van der Waals surface area (Å²) in [4.78, 5) is 0. The first-order chi connectivity index (χ1) is 4.27. The van der Waals surface area contributed by atoms with Crippen molar-refractivity contribution in [2.75, 3.05) is 5.88 Å². The van der Waals surface area contributed by atoms with Gasteiger partial charge in [-0.1, -0.05) is 12.8 Å². The molecule has 56 valence electrons. The van der Waals surface area contributed by atoms with Crippen molar-refractivity contribution >= 4 is 23.2 Å². The first kappa shape index (κ1) is 9.58. The molecule has 0 amide bonds. The fourth-order valence-corrected chi connectivity index (χ4v) is 1.04. The molecule has 0 fully saturated rings. The Morgan fingerprint density at radius 1 is 1.22 bits per heavy atom. The van der Waals surface area contributed by atoms with Crippen LogP contribution in [0.15, 0.2) is 0 Å². The third-order valence-electron chi connectivity index (χ3n) is 1.24. The minimum absolute atomic E-state index is 0.334. The summed E-state index contributed by atoms with van der Waals surface area (Å²) < 4.78 is 0. The minimum Gasteiger partial charge on any atom is -0.127 e. The molecular formula is C7H14Cl2. The zero-order valence-electron chi connectivity index (χ0n) is 5.87. The molecule has 1 atom stereocenters. The molecule has 0 spiro atoms. The molecule has 9 heavy (non-hydrogen) atoms. The van der Waals surface area contributed by atoms with Crippen molar-refractivity contribution in [3.05, 3.63) is 0 Å². The van der Waals surface area contributed by atoms with E-state index in [0.717, 1.165) is 18.7 Å². The van der Waals surface area contributed by atoms with Crippen molar-refractivity contribution in [1.82, 2.24) is 0 Å². The summed E-state index contributed by atoms with van der Waals surface area (Å²) >= 11 is 11.2. The highest BCUT2D eigenvalue weighted by Gasteiger charge is 1.94. The molecule has 0 aromatic heterocycles. The zero-order chi connectivity index (χ0) is 7.11. The molecule has 0 aromatic rings. The van der Waals surface area contributed by atoms with E-state index >= 15 is 0 Å². The molecule has 2 heteroatoms. The highest BCUT2D eigenvalue weighted by Crippen LogP contribution is 2.07. The van der Waals surface area contributed by atoms with E-state index in [1.165, 1.54) is 12.8 Å². The number of hydrogen-bond donors (Lipinski definition) is 0. The van der Waals surface area contributed by atoms with E-state index in [9.17, 15) is 0 Å². The van der Waals surface area contributed by atoms with Crippen LogP contribution in [0.4, 0.5) is 0 Å². The second-order valence-corrected chi connectivity index (χ2v) is 3.44. The Kier molecular flexibility index (Phi) is 7.13. The van der Waals surface area contributed by atoms with Crippen molar-refractivity contribution < 1.29 is 0 Å². The Bertz CT molecular complexity index is 52.9. The second kappa shape index (κ2) is 6.70. The van der Waals surface area contributed by atoms with Crippen molar-refractivity contribution in [3.8, 4) is 0 Å². The Morgan fingerprint density at radius 2 is 1.89 bits per heavy atom. The summed E-state index contributed by atoms with van der Waals surface area (Å²) in [6.45, 7) is 2.03. The van der Waals surface area contributed by atoms with Gasteiger partial charge in [-0.05, 0) is 19.8 Å². The maximum Gasteiger partial charge on any atom is 0.0307 e. The van der Waals surface area contributed by atoms with E-state index < -0.39 is 0 Å². The van der Waals surface area contributed by atoms with Crippen LogP contribution in [0, 0.1) is 0 Å². The van der Waals surface area contributed by atoms with Crippen LogP contribution in [-0.4, -0.2) is 11.3 Å². The van der Waals surface area contributed by atoms with Crippen molar-refractivity contribution in [2.45, 2.75) is 38.0 Å². The molecule has 0 unspecified atom stereocenters. The van der Waals surface area contributed by atoms with Gasteiger partial charge in [0.15, 0.2) is 0 Å². The molecule has 0 aliphatic rings. The van der Waals surface area contributed by atoms with Crippen molar-refractivity contribution in [3.63, 3.8) is 0 Å². The normalized spacial score (nSPS) is 13.7. The van der Waals surface area contributed by atoms with Gasteiger partial charge in [0.1, 0.15) is 0 Å². The molecule has 0 heterocycles. The van der Waals surface area contributed by atoms with Crippen LogP contribution in [0.3, 0.4) is 0 Å². The number of hydrogen-bond acceptors (Lipinski definition) is 0. The second-order valence-electron chi connectivity index (χ2n) is 2.32. The van der Waals surface area contributed by atoms with Crippen molar-refractivity contribution in [1.29, 1.82) is 0 Å². The Morgan fingerprint density at radius 3 is 2.33 bits per heavy atom. The molecule has 0 rings (SSSR count). The summed E-state index contributed by atoms with van der Waals surface area (Å²) in [5.74, 6) is 0.788. The highest BCUT2D eigenvalue weighted by atomic mass is 35.5. The largest absolute Gasteiger partial charge is 0.127 e. The SMILES string of the molecule is C[C@@H](Cl)CCCCCCl. The first-order valence-corrected chi connectivity index (χ1v) is 4.44. The van der Waals surface area contributed by atoms with Gasteiger partial charge in [-0.25, -0.2) is 0 Å². The Balaban J connectivity index is 2.75. The van der Waals surface area contributed by atoms with Crippen LogP contribution in [-0.2, 0) is 0 Å². The van der Waals surface area contributed by atoms with E-state index in [2.05, 4.69) is 0 Å². The van der Waals surface area contributed by atoms with E-state index in [1.54, 1.807) is 0 Å². The molecule has 0 saturated heterocycles. The molecular weight excluding hydrogens is 155 g/mol. The summed E-state index contributed by atoms with van der Waals surface area (Å²) in [5.41, 5.74) is 0. The van der Waals surface area contributed by atoms with E-state index in [1.807, 2.05) is 6.92 Å².